The maximum absolute atomic E-state index is 11.4. The maximum atomic E-state index is 11.4. The van der Waals surface area contributed by atoms with Gasteiger partial charge in [-0.3, -0.25) is 4.90 Å². The van der Waals surface area contributed by atoms with Crippen molar-refractivity contribution in [2.45, 2.75) is 38.1 Å². The number of urea groups is 1. The smallest absolute Gasteiger partial charge is 0.314 e. The van der Waals surface area contributed by atoms with E-state index in [-0.39, 0.29) is 11.2 Å². The minimum absolute atomic E-state index is 0.0711. The van der Waals surface area contributed by atoms with Gasteiger partial charge >= 0.3 is 6.03 Å². The predicted molar refractivity (Wildman–Crippen MR) is 118 cm³/mol. The summed E-state index contributed by atoms with van der Waals surface area (Å²) in [5.74, 6) is 1.94. The molecule has 10 heteroatoms. The van der Waals surface area contributed by atoms with Crippen LogP contribution in [0.2, 0.25) is 10.2 Å². The first kappa shape index (κ1) is 22.2. The fraction of sp³-hybridized carbons (Fsp3) is 0.737. The molecule has 1 saturated heterocycles. The summed E-state index contributed by atoms with van der Waals surface area (Å²) in [5, 5.41) is 9.29. The van der Waals surface area contributed by atoms with E-state index in [1.807, 2.05) is 0 Å². The van der Waals surface area contributed by atoms with Crippen LogP contribution in [-0.4, -0.2) is 73.8 Å². The Labute approximate surface area is 182 Å². The van der Waals surface area contributed by atoms with Gasteiger partial charge in [0.2, 0.25) is 5.95 Å². The highest BCUT2D eigenvalue weighted by Crippen LogP contribution is 2.32. The van der Waals surface area contributed by atoms with E-state index >= 15 is 0 Å². The summed E-state index contributed by atoms with van der Waals surface area (Å²) in [6.07, 6.45) is 5.75. The van der Waals surface area contributed by atoms with Gasteiger partial charge in [0.1, 0.15) is 5.02 Å². The van der Waals surface area contributed by atoms with E-state index in [1.54, 1.807) is 14.1 Å². The van der Waals surface area contributed by atoms with Crippen LogP contribution >= 0.6 is 23.2 Å². The molecule has 0 bridgehead atoms. The number of nitrogens with one attached hydrogen (secondary N) is 3. The lowest BCUT2D eigenvalue weighted by Gasteiger charge is -2.37. The number of carbonyl (C=O) groups is 1. The first-order valence-electron chi connectivity index (χ1n) is 10.4. The molecule has 0 unspecified atom stereocenters. The molecule has 2 heterocycles. The van der Waals surface area contributed by atoms with Gasteiger partial charge in [-0.05, 0) is 44.6 Å². The predicted octanol–water partition coefficient (Wildman–Crippen LogP) is 2.83. The van der Waals surface area contributed by atoms with Crippen molar-refractivity contribution in [3.63, 3.8) is 0 Å². The van der Waals surface area contributed by atoms with Crippen molar-refractivity contribution in [2.75, 3.05) is 57.0 Å². The molecule has 0 aromatic carbocycles. The average molecular weight is 444 g/mol. The van der Waals surface area contributed by atoms with Gasteiger partial charge in [-0.15, -0.1) is 0 Å². The minimum Gasteiger partial charge on any atom is -0.357 e. The zero-order valence-corrected chi connectivity index (χ0v) is 18.7. The second-order valence-electron chi connectivity index (χ2n) is 7.78. The van der Waals surface area contributed by atoms with Gasteiger partial charge in [-0.1, -0.05) is 23.2 Å². The summed E-state index contributed by atoms with van der Waals surface area (Å²) in [7, 11) is 3.43. The van der Waals surface area contributed by atoms with Crippen LogP contribution in [-0.2, 0) is 0 Å². The van der Waals surface area contributed by atoms with E-state index in [1.165, 1.54) is 19.3 Å². The summed E-state index contributed by atoms with van der Waals surface area (Å²) < 4.78 is 0. The van der Waals surface area contributed by atoms with Crippen LogP contribution in [0.5, 0.6) is 0 Å². The third-order valence-corrected chi connectivity index (χ3v) is 6.67. The Kier molecular flexibility index (Phi) is 8.03. The number of aromatic nitrogens is 2. The van der Waals surface area contributed by atoms with Crippen LogP contribution in [0.3, 0.4) is 0 Å². The van der Waals surface area contributed by atoms with Gasteiger partial charge in [0, 0.05) is 46.3 Å². The topological polar surface area (TPSA) is 85.4 Å². The molecule has 162 valence electrons. The molecule has 0 spiro atoms. The van der Waals surface area contributed by atoms with Gasteiger partial charge in [0.05, 0.1) is 0 Å². The first-order chi connectivity index (χ1) is 14.0. The van der Waals surface area contributed by atoms with Crippen LogP contribution in [0, 0.1) is 5.92 Å². The van der Waals surface area contributed by atoms with Crippen molar-refractivity contribution < 1.29 is 4.79 Å². The van der Waals surface area contributed by atoms with Crippen molar-refractivity contribution in [3.8, 4) is 0 Å². The lowest BCUT2D eigenvalue weighted by molar-refractivity contribution is 0.205. The van der Waals surface area contributed by atoms with Gasteiger partial charge in [0.15, 0.2) is 11.0 Å². The number of hydrogen-bond acceptors (Lipinski definition) is 6. The highest BCUT2D eigenvalue weighted by atomic mass is 35.5. The molecule has 1 aromatic rings. The van der Waals surface area contributed by atoms with E-state index < -0.39 is 0 Å². The summed E-state index contributed by atoms with van der Waals surface area (Å²) in [5.41, 5.74) is 0. The zero-order valence-electron chi connectivity index (χ0n) is 17.2. The standard InChI is InChI=1S/C19H31Cl2N7O/c1-22-18-25-16(21)15(20)17(26-18)28-11-9-27(10-12-28)8-7-13-3-5-14(6-4-13)24-19(29)23-2/h13-14H,3-12H2,1-2H3,(H,22,25,26)(H2,23,24,29). The van der Waals surface area contributed by atoms with Crippen LogP contribution in [0.4, 0.5) is 16.6 Å². The van der Waals surface area contributed by atoms with E-state index in [4.69, 9.17) is 23.2 Å². The first-order valence-corrected chi connectivity index (χ1v) is 11.1. The fourth-order valence-corrected chi connectivity index (χ4v) is 4.50. The fourth-order valence-electron chi connectivity index (χ4n) is 4.13. The molecule has 1 aliphatic heterocycles. The number of hydrogen-bond donors (Lipinski definition) is 3. The maximum Gasteiger partial charge on any atom is 0.314 e. The SMILES string of the molecule is CNC(=O)NC1CCC(CCN2CCN(c3nc(NC)nc(Cl)c3Cl)CC2)CC1. The van der Waals surface area contributed by atoms with Crippen molar-refractivity contribution in [3.05, 3.63) is 10.2 Å². The van der Waals surface area contributed by atoms with Gasteiger partial charge < -0.3 is 20.9 Å². The molecule has 3 N–H and O–H groups in total. The molecule has 1 saturated carbocycles. The number of anilines is 2. The van der Waals surface area contributed by atoms with E-state index in [2.05, 4.69) is 35.7 Å². The molecule has 2 amide bonds. The number of nitrogens with zero attached hydrogens (tertiary/aromatic N) is 4. The number of carbonyl (C=O) groups excluding carboxylic acids is 1. The molecule has 3 rings (SSSR count). The molecule has 29 heavy (non-hydrogen) atoms. The van der Waals surface area contributed by atoms with E-state index in [0.29, 0.717) is 22.8 Å². The molecule has 2 aliphatic rings. The summed E-state index contributed by atoms with van der Waals surface area (Å²) in [6.45, 7) is 4.84. The normalized spacial score (nSPS) is 23.0. The number of halogens is 2. The second-order valence-corrected chi connectivity index (χ2v) is 8.52. The number of rotatable bonds is 6. The molecule has 0 atom stereocenters. The molecule has 0 radical (unpaired) electrons. The molecule has 8 nitrogen and oxygen atoms in total. The highest BCUT2D eigenvalue weighted by molar-refractivity contribution is 6.42. The Hall–Kier alpha value is -1.51. The van der Waals surface area contributed by atoms with Gasteiger partial charge in [0.25, 0.3) is 0 Å². The van der Waals surface area contributed by atoms with Gasteiger partial charge in [-0.2, -0.15) is 9.97 Å². The Morgan fingerprint density at radius 2 is 1.76 bits per heavy atom. The molecular formula is C19H31Cl2N7O. The van der Waals surface area contributed by atoms with Crippen molar-refractivity contribution >= 4 is 41.0 Å². The average Bonchev–Trinajstić information content (AvgIpc) is 2.75. The summed E-state index contributed by atoms with van der Waals surface area (Å²) >= 11 is 12.5. The quantitative estimate of drug-likeness (QED) is 0.586. The minimum atomic E-state index is -0.0711. The van der Waals surface area contributed by atoms with Crippen molar-refractivity contribution in [1.29, 1.82) is 0 Å². The van der Waals surface area contributed by atoms with Gasteiger partial charge in [-0.25, -0.2) is 4.79 Å². The molecule has 2 fully saturated rings. The Bertz CT molecular complexity index is 689. The van der Waals surface area contributed by atoms with Crippen LogP contribution in [0.15, 0.2) is 0 Å². The largest absolute Gasteiger partial charge is 0.357 e. The molecule has 1 aliphatic carbocycles. The Balaban J connectivity index is 1.41. The Morgan fingerprint density at radius 3 is 2.38 bits per heavy atom. The summed E-state index contributed by atoms with van der Waals surface area (Å²) in [4.78, 5) is 24.7. The third kappa shape index (κ3) is 5.99. The molecular weight excluding hydrogens is 413 g/mol. The lowest BCUT2D eigenvalue weighted by atomic mass is 9.84. The zero-order chi connectivity index (χ0) is 20.8. The molecule has 1 aromatic heterocycles. The highest BCUT2D eigenvalue weighted by Gasteiger charge is 2.25. The van der Waals surface area contributed by atoms with Crippen LogP contribution in [0.1, 0.15) is 32.1 Å². The monoisotopic (exact) mass is 443 g/mol. The van der Waals surface area contributed by atoms with Crippen LogP contribution < -0.4 is 20.9 Å². The van der Waals surface area contributed by atoms with Crippen molar-refractivity contribution in [2.24, 2.45) is 5.92 Å². The number of amides is 2. The lowest BCUT2D eigenvalue weighted by Crippen LogP contribution is -2.47. The third-order valence-electron chi connectivity index (χ3n) is 5.95. The number of piperazine rings is 1. The van der Waals surface area contributed by atoms with E-state index in [9.17, 15) is 4.79 Å². The van der Waals surface area contributed by atoms with E-state index in [0.717, 1.165) is 51.5 Å². The Morgan fingerprint density at radius 1 is 1.07 bits per heavy atom. The second kappa shape index (κ2) is 10.5. The summed E-state index contributed by atoms with van der Waals surface area (Å²) in [6, 6.07) is 0.250. The van der Waals surface area contributed by atoms with Crippen LogP contribution in [0.25, 0.3) is 0 Å². The van der Waals surface area contributed by atoms with Crippen molar-refractivity contribution in [1.82, 2.24) is 25.5 Å².